The quantitative estimate of drug-likeness (QED) is 0.927. The van der Waals surface area contributed by atoms with Gasteiger partial charge in [-0.25, -0.2) is 0 Å². The molecule has 4 nitrogen and oxygen atoms in total. The van der Waals surface area contributed by atoms with Gasteiger partial charge in [-0.2, -0.15) is 0 Å². The van der Waals surface area contributed by atoms with Crippen LogP contribution in [0.1, 0.15) is 34.5 Å². The molecule has 2 aromatic rings. The van der Waals surface area contributed by atoms with E-state index in [9.17, 15) is 4.79 Å². The Morgan fingerprint density at radius 2 is 2.14 bits per heavy atom. The Labute approximate surface area is 131 Å². The molecule has 4 heteroatoms. The van der Waals surface area contributed by atoms with Gasteiger partial charge < -0.3 is 10.2 Å². The van der Waals surface area contributed by atoms with Gasteiger partial charge in [0.05, 0.1) is 16.8 Å². The largest absolute Gasteiger partial charge is 0.337 e. The van der Waals surface area contributed by atoms with Gasteiger partial charge in [-0.3, -0.25) is 9.78 Å². The third kappa shape index (κ3) is 2.83. The second kappa shape index (κ2) is 6.05. The van der Waals surface area contributed by atoms with Gasteiger partial charge in [0.25, 0.3) is 5.91 Å². The summed E-state index contributed by atoms with van der Waals surface area (Å²) in [6.07, 6.45) is 2.19. The number of hydrogen-bond donors (Lipinski definition) is 1. The molecular formula is C18H23N3O. The maximum absolute atomic E-state index is 12.9. The molecule has 0 unspecified atom stereocenters. The van der Waals surface area contributed by atoms with E-state index in [4.69, 9.17) is 0 Å². The van der Waals surface area contributed by atoms with Gasteiger partial charge in [0.2, 0.25) is 0 Å². The highest BCUT2D eigenvalue weighted by Crippen LogP contribution is 2.21. The minimum absolute atomic E-state index is 0.105. The van der Waals surface area contributed by atoms with Crippen molar-refractivity contribution in [1.82, 2.24) is 15.2 Å². The molecule has 2 heterocycles. The SMILES string of the molecule is CN[C@H]1CCCN(C(=O)c2cc3cc(C)ccc3nc2C)C1. The number of likely N-dealkylation sites (tertiary alicyclic amines) is 1. The molecule has 1 aromatic heterocycles. The summed E-state index contributed by atoms with van der Waals surface area (Å²) >= 11 is 0. The molecule has 0 spiro atoms. The second-order valence-electron chi connectivity index (χ2n) is 6.20. The molecular weight excluding hydrogens is 274 g/mol. The number of rotatable bonds is 2. The van der Waals surface area contributed by atoms with Crippen molar-refractivity contribution < 1.29 is 4.79 Å². The van der Waals surface area contributed by atoms with Crippen molar-refractivity contribution >= 4 is 16.8 Å². The minimum Gasteiger partial charge on any atom is -0.337 e. The molecule has 0 aliphatic carbocycles. The summed E-state index contributed by atoms with van der Waals surface area (Å²) in [6.45, 7) is 5.60. The van der Waals surface area contributed by atoms with Crippen LogP contribution >= 0.6 is 0 Å². The fourth-order valence-corrected chi connectivity index (χ4v) is 3.18. The zero-order chi connectivity index (χ0) is 15.7. The molecule has 1 fully saturated rings. The van der Waals surface area contributed by atoms with Crippen molar-refractivity contribution in [3.05, 3.63) is 41.1 Å². The summed E-state index contributed by atoms with van der Waals surface area (Å²) in [5, 5.41) is 4.32. The molecule has 0 bridgehead atoms. The van der Waals surface area contributed by atoms with Crippen molar-refractivity contribution in [2.75, 3.05) is 20.1 Å². The van der Waals surface area contributed by atoms with Crippen LogP contribution in [0.4, 0.5) is 0 Å². The van der Waals surface area contributed by atoms with E-state index in [0.29, 0.717) is 6.04 Å². The summed E-state index contributed by atoms with van der Waals surface area (Å²) in [5.41, 5.74) is 3.68. The number of fused-ring (bicyclic) bond motifs is 1. The van der Waals surface area contributed by atoms with Crippen LogP contribution in [0.15, 0.2) is 24.3 Å². The number of pyridine rings is 1. The number of benzene rings is 1. The Hall–Kier alpha value is -1.94. The van der Waals surface area contributed by atoms with Crippen molar-refractivity contribution in [1.29, 1.82) is 0 Å². The molecule has 22 heavy (non-hydrogen) atoms. The third-order valence-corrected chi connectivity index (χ3v) is 4.51. The molecule has 1 amide bonds. The van der Waals surface area contributed by atoms with E-state index in [0.717, 1.165) is 48.1 Å². The van der Waals surface area contributed by atoms with Crippen LogP contribution < -0.4 is 5.32 Å². The van der Waals surface area contributed by atoms with Crippen molar-refractivity contribution in [3.63, 3.8) is 0 Å². The number of carbonyl (C=O) groups is 1. The highest BCUT2D eigenvalue weighted by Gasteiger charge is 2.25. The van der Waals surface area contributed by atoms with E-state index in [2.05, 4.69) is 29.4 Å². The molecule has 1 atom stereocenters. The smallest absolute Gasteiger partial charge is 0.255 e. The molecule has 1 aliphatic heterocycles. The first-order chi connectivity index (χ1) is 10.6. The van der Waals surface area contributed by atoms with Crippen LogP contribution in [-0.4, -0.2) is 42.0 Å². The fourth-order valence-electron chi connectivity index (χ4n) is 3.18. The lowest BCUT2D eigenvalue weighted by Gasteiger charge is -2.32. The van der Waals surface area contributed by atoms with Crippen molar-refractivity contribution in [2.45, 2.75) is 32.7 Å². The zero-order valence-electron chi connectivity index (χ0n) is 13.5. The Morgan fingerprint density at radius 1 is 1.32 bits per heavy atom. The lowest BCUT2D eigenvalue weighted by Crippen LogP contribution is -2.47. The molecule has 1 N–H and O–H groups in total. The number of hydrogen-bond acceptors (Lipinski definition) is 3. The maximum atomic E-state index is 12.9. The predicted molar refractivity (Wildman–Crippen MR) is 89.2 cm³/mol. The Balaban J connectivity index is 1.94. The van der Waals surface area contributed by atoms with Gasteiger partial charge >= 0.3 is 0 Å². The first-order valence-corrected chi connectivity index (χ1v) is 7.93. The van der Waals surface area contributed by atoms with Crippen LogP contribution in [0, 0.1) is 13.8 Å². The number of likely N-dealkylation sites (N-methyl/N-ethyl adjacent to an activating group) is 1. The Kier molecular flexibility index (Phi) is 4.12. The average molecular weight is 297 g/mol. The van der Waals surface area contributed by atoms with Crippen molar-refractivity contribution in [2.24, 2.45) is 0 Å². The van der Waals surface area contributed by atoms with E-state index >= 15 is 0 Å². The van der Waals surface area contributed by atoms with Crippen LogP contribution in [0.5, 0.6) is 0 Å². The predicted octanol–water partition coefficient (Wildman–Crippen LogP) is 2.68. The first-order valence-electron chi connectivity index (χ1n) is 7.93. The van der Waals surface area contributed by atoms with E-state index in [-0.39, 0.29) is 5.91 Å². The monoisotopic (exact) mass is 297 g/mol. The van der Waals surface area contributed by atoms with Crippen LogP contribution in [0.3, 0.4) is 0 Å². The molecule has 1 saturated heterocycles. The topological polar surface area (TPSA) is 45.2 Å². The summed E-state index contributed by atoms with van der Waals surface area (Å²) in [7, 11) is 1.96. The van der Waals surface area contributed by atoms with E-state index < -0.39 is 0 Å². The molecule has 0 saturated carbocycles. The van der Waals surface area contributed by atoms with Gasteiger partial charge in [0.1, 0.15) is 0 Å². The fraction of sp³-hybridized carbons (Fsp3) is 0.444. The van der Waals surface area contributed by atoms with Gasteiger partial charge in [0, 0.05) is 24.5 Å². The number of aryl methyl sites for hydroxylation is 2. The van der Waals surface area contributed by atoms with Crippen LogP contribution in [0.25, 0.3) is 10.9 Å². The maximum Gasteiger partial charge on any atom is 0.255 e. The minimum atomic E-state index is 0.105. The van der Waals surface area contributed by atoms with E-state index in [1.54, 1.807) is 0 Å². The zero-order valence-corrected chi connectivity index (χ0v) is 13.5. The number of aromatic nitrogens is 1. The molecule has 1 aromatic carbocycles. The van der Waals surface area contributed by atoms with Crippen LogP contribution in [-0.2, 0) is 0 Å². The van der Waals surface area contributed by atoms with Crippen LogP contribution in [0.2, 0.25) is 0 Å². The summed E-state index contributed by atoms with van der Waals surface area (Å²) in [4.78, 5) is 19.4. The Morgan fingerprint density at radius 3 is 2.91 bits per heavy atom. The third-order valence-electron chi connectivity index (χ3n) is 4.51. The number of nitrogens with zero attached hydrogens (tertiary/aromatic N) is 2. The number of piperidine rings is 1. The molecule has 1 aliphatic rings. The van der Waals surface area contributed by atoms with E-state index in [1.807, 2.05) is 31.0 Å². The summed E-state index contributed by atoms with van der Waals surface area (Å²) < 4.78 is 0. The normalized spacial score (nSPS) is 18.7. The lowest BCUT2D eigenvalue weighted by molar-refractivity contribution is 0.0697. The first kappa shape index (κ1) is 15.0. The average Bonchev–Trinajstić information content (AvgIpc) is 2.54. The number of nitrogens with one attached hydrogen (secondary N) is 1. The summed E-state index contributed by atoms with van der Waals surface area (Å²) in [6, 6.07) is 8.55. The Bertz CT molecular complexity index is 711. The van der Waals surface area contributed by atoms with Gasteiger partial charge in [-0.1, -0.05) is 11.6 Å². The molecule has 0 radical (unpaired) electrons. The standard InChI is InChI=1S/C18H23N3O/c1-12-6-7-17-14(9-12)10-16(13(2)20-17)18(22)21-8-4-5-15(11-21)19-3/h6-7,9-10,15,19H,4-5,8,11H2,1-3H3/t15-/m0/s1. The van der Waals surface area contributed by atoms with E-state index in [1.165, 1.54) is 5.56 Å². The molecule has 3 rings (SSSR count). The van der Waals surface area contributed by atoms with Gasteiger partial charge in [-0.05, 0) is 51.9 Å². The van der Waals surface area contributed by atoms with Crippen molar-refractivity contribution in [3.8, 4) is 0 Å². The number of carbonyl (C=O) groups excluding carboxylic acids is 1. The highest BCUT2D eigenvalue weighted by atomic mass is 16.2. The number of amides is 1. The highest BCUT2D eigenvalue weighted by molar-refractivity contribution is 5.98. The lowest BCUT2D eigenvalue weighted by atomic mass is 10.0. The summed E-state index contributed by atoms with van der Waals surface area (Å²) in [5.74, 6) is 0.105. The van der Waals surface area contributed by atoms with Gasteiger partial charge in [-0.15, -0.1) is 0 Å². The molecule has 116 valence electrons. The second-order valence-corrected chi connectivity index (χ2v) is 6.20. The van der Waals surface area contributed by atoms with Gasteiger partial charge in [0.15, 0.2) is 0 Å².